The fraction of sp³-hybridized carbons (Fsp3) is 0.375. The van der Waals surface area contributed by atoms with Gasteiger partial charge in [-0.05, 0) is 37.0 Å². The van der Waals surface area contributed by atoms with E-state index in [1.54, 1.807) is 0 Å². The lowest BCUT2D eigenvalue weighted by molar-refractivity contribution is 0.457. The Balaban J connectivity index is 1.78. The van der Waals surface area contributed by atoms with Crippen LogP contribution in [0.3, 0.4) is 0 Å². The first-order chi connectivity index (χ1) is 9.74. The number of ether oxygens (including phenoxy) is 1. The first kappa shape index (κ1) is 12.9. The maximum Gasteiger partial charge on any atom is 0.254 e. The van der Waals surface area contributed by atoms with E-state index in [0.29, 0.717) is 17.5 Å². The van der Waals surface area contributed by atoms with Gasteiger partial charge in [-0.3, -0.25) is 4.79 Å². The van der Waals surface area contributed by atoms with Gasteiger partial charge in [-0.15, -0.1) is 0 Å². The van der Waals surface area contributed by atoms with Crippen LogP contribution < -0.4 is 10.3 Å². The molecule has 1 saturated carbocycles. The minimum absolute atomic E-state index is 0.153. The van der Waals surface area contributed by atoms with Crippen LogP contribution in [0.2, 0.25) is 0 Å². The van der Waals surface area contributed by atoms with Gasteiger partial charge >= 0.3 is 0 Å². The highest BCUT2D eigenvalue weighted by molar-refractivity contribution is 5.30. The van der Waals surface area contributed by atoms with E-state index in [1.807, 2.05) is 24.3 Å². The van der Waals surface area contributed by atoms with Crippen LogP contribution in [-0.4, -0.2) is 9.97 Å². The predicted molar refractivity (Wildman–Crippen MR) is 77.3 cm³/mol. The fourth-order valence-electron chi connectivity index (χ4n) is 2.19. The number of aromatic amines is 1. The van der Waals surface area contributed by atoms with Gasteiger partial charge in [0.1, 0.15) is 11.6 Å². The molecule has 20 heavy (non-hydrogen) atoms. The molecule has 0 atom stereocenters. The summed E-state index contributed by atoms with van der Waals surface area (Å²) in [4.78, 5) is 18.7. The van der Waals surface area contributed by atoms with E-state index in [2.05, 4.69) is 16.9 Å². The molecule has 0 bridgehead atoms. The lowest BCUT2D eigenvalue weighted by Gasteiger charge is -2.06. The standard InChI is InChI=1S/C16H18N2O2/c1-2-3-11-4-8-13(9-5-11)20-15-10-14(19)17-16(18-15)12-6-7-12/h4-5,8-10,12H,2-3,6-7H2,1H3,(H,17,18,19). The second-order valence-corrected chi connectivity index (χ2v) is 5.24. The quantitative estimate of drug-likeness (QED) is 0.906. The molecule has 1 fully saturated rings. The summed E-state index contributed by atoms with van der Waals surface area (Å²) in [6.07, 6.45) is 4.38. The summed E-state index contributed by atoms with van der Waals surface area (Å²) in [5, 5.41) is 0. The third-order valence-corrected chi connectivity index (χ3v) is 3.38. The second-order valence-electron chi connectivity index (χ2n) is 5.24. The van der Waals surface area contributed by atoms with E-state index in [9.17, 15) is 4.79 Å². The van der Waals surface area contributed by atoms with Gasteiger partial charge in [-0.2, -0.15) is 4.98 Å². The van der Waals surface area contributed by atoms with Crippen LogP contribution in [0.15, 0.2) is 35.1 Å². The molecule has 1 aromatic heterocycles. The summed E-state index contributed by atoms with van der Waals surface area (Å²) < 4.78 is 5.68. The Hall–Kier alpha value is -2.10. The van der Waals surface area contributed by atoms with Gasteiger partial charge in [0, 0.05) is 5.92 Å². The Kier molecular flexibility index (Phi) is 3.54. The first-order valence-corrected chi connectivity index (χ1v) is 7.12. The van der Waals surface area contributed by atoms with E-state index in [0.717, 1.165) is 31.5 Å². The minimum Gasteiger partial charge on any atom is -0.439 e. The summed E-state index contributed by atoms with van der Waals surface area (Å²) in [5.41, 5.74) is 1.14. The normalized spacial score (nSPS) is 14.2. The number of aromatic nitrogens is 2. The summed E-state index contributed by atoms with van der Waals surface area (Å²) in [5.74, 6) is 2.23. The topological polar surface area (TPSA) is 55.0 Å². The van der Waals surface area contributed by atoms with Crippen LogP contribution in [0.25, 0.3) is 0 Å². The summed E-state index contributed by atoms with van der Waals surface area (Å²) in [6, 6.07) is 9.34. The van der Waals surface area contributed by atoms with Crippen molar-refractivity contribution < 1.29 is 4.74 Å². The highest BCUT2D eigenvalue weighted by Crippen LogP contribution is 2.38. The zero-order chi connectivity index (χ0) is 13.9. The number of aryl methyl sites for hydroxylation is 1. The van der Waals surface area contributed by atoms with Crippen molar-refractivity contribution in [2.75, 3.05) is 0 Å². The Morgan fingerprint density at radius 3 is 2.70 bits per heavy atom. The van der Waals surface area contributed by atoms with Crippen LogP contribution in [0.4, 0.5) is 0 Å². The molecule has 0 amide bonds. The van der Waals surface area contributed by atoms with E-state index in [4.69, 9.17) is 4.74 Å². The Labute approximate surface area is 117 Å². The lowest BCUT2D eigenvalue weighted by atomic mass is 10.1. The molecule has 0 radical (unpaired) electrons. The molecule has 1 aliphatic carbocycles. The number of benzene rings is 1. The Morgan fingerprint density at radius 1 is 1.30 bits per heavy atom. The first-order valence-electron chi connectivity index (χ1n) is 7.12. The monoisotopic (exact) mass is 270 g/mol. The molecular formula is C16H18N2O2. The highest BCUT2D eigenvalue weighted by Gasteiger charge is 2.26. The van der Waals surface area contributed by atoms with Gasteiger partial charge in [-0.25, -0.2) is 0 Å². The maximum absolute atomic E-state index is 11.6. The van der Waals surface area contributed by atoms with Crippen LogP contribution in [0.1, 0.15) is 43.5 Å². The molecule has 1 aromatic carbocycles. The Morgan fingerprint density at radius 2 is 2.05 bits per heavy atom. The van der Waals surface area contributed by atoms with E-state index < -0.39 is 0 Å². The molecule has 0 aliphatic heterocycles. The molecule has 1 N–H and O–H groups in total. The van der Waals surface area contributed by atoms with Crippen molar-refractivity contribution in [1.82, 2.24) is 9.97 Å². The summed E-state index contributed by atoms with van der Waals surface area (Å²) in [6.45, 7) is 2.16. The number of rotatable bonds is 5. The van der Waals surface area contributed by atoms with Gasteiger partial charge in [0.15, 0.2) is 0 Å². The van der Waals surface area contributed by atoms with Crippen molar-refractivity contribution in [3.63, 3.8) is 0 Å². The third kappa shape index (κ3) is 3.07. The van der Waals surface area contributed by atoms with E-state index in [-0.39, 0.29) is 5.56 Å². The molecule has 0 spiro atoms. The third-order valence-electron chi connectivity index (χ3n) is 3.38. The summed E-state index contributed by atoms with van der Waals surface area (Å²) in [7, 11) is 0. The van der Waals surface area contributed by atoms with E-state index in [1.165, 1.54) is 11.6 Å². The molecule has 2 aromatic rings. The van der Waals surface area contributed by atoms with Crippen LogP contribution in [-0.2, 0) is 6.42 Å². The largest absolute Gasteiger partial charge is 0.439 e. The molecule has 3 rings (SSSR count). The Bertz CT molecular complexity index is 642. The van der Waals surface area contributed by atoms with Crippen molar-refractivity contribution in [3.05, 3.63) is 52.1 Å². The van der Waals surface area contributed by atoms with Crippen molar-refractivity contribution >= 4 is 0 Å². The zero-order valence-electron chi connectivity index (χ0n) is 11.6. The molecule has 4 heteroatoms. The van der Waals surface area contributed by atoms with Crippen molar-refractivity contribution in [2.45, 2.75) is 38.5 Å². The number of hydrogen-bond donors (Lipinski definition) is 1. The number of hydrogen-bond acceptors (Lipinski definition) is 3. The van der Waals surface area contributed by atoms with Gasteiger partial charge in [0.2, 0.25) is 5.88 Å². The molecule has 1 aliphatic rings. The van der Waals surface area contributed by atoms with Gasteiger partial charge < -0.3 is 9.72 Å². The van der Waals surface area contributed by atoms with Crippen LogP contribution >= 0.6 is 0 Å². The molecule has 4 nitrogen and oxygen atoms in total. The van der Waals surface area contributed by atoms with Crippen molar-refractivity contribution in [3.8, 4) is 11.6 Å². The second kappa shape index (κ2) is 5.49. The van der Waals surface area contributed by atoms with Crippen molar-refractivity contribution in [2.24, 2.45) is 0 Å². The SMILES string of the molecule is CCCc1ccc(Oc2cc(=O)[nH]c(C3CC3)n2)cc1. The predicted octanol–water partition coefficient (Wildman–Crippen LogP) is 3.39. The van der Waals surface area contributed by atoms with Gasteiger partial charge in [0.25, 0.3) is 5.56 Å². The number of nitrogens with one attached hydrogen (secondary N) is 1. The minimum atomic E-state index is -0.153. The van der Waals surface area contributed by atoms with Gasteiger partial charge in [0.05, 0.1) is 6.07 Å². The van der Waals surface area contributed by atoms with Crippen molar-refractivity contribution in [1.29, 1.82) is 0 Å². The number of nitrogens with zero attached hydrogens (tertiary/aromatic N) is 1. The molecular weight excluding hydrogens is 252 g/mol. The molecule has 104 valence electrons. The van der Waals surface area contributed by atoms with Gasteiger partial charge in [-0.1, -0.05) is 25.5 Å². The maximum atomic E-state index is 11.6. The fourth-order valence-corrected chi connectivity index (χ4v) is 2.19. The van der Waals surface area contributed by atoms with E-state index >= 15 is 0 Å². The molecule has 1 heterocycles. The average molecular weight is 270 g/mol. The average Bonchev–Trinajstić information content (AvgIpc) is 3.25. The zero-order valence-corrected chi connectivity index (χ0v) is 11.6. The molecule has 0 saturated heterocycles. The van der Waals surface area contributed by atoms with Crippen LogP contribution in [0, 0.1) is 0 Å². The summed E-state index contributed by atoms with van der Waals surface area (Å²) >= 11 is 0. The number of H-pyrrole nitrogens is 1. The smallest absolute Gasteiger partial charge is 0.254 e. The molecule has 0 unspecified atom stereocenters. The van der Waals surface area contributed by atoms with Crippen LogP contribution in [0.5, 0.6) is 11.6 Å². The lowest BCUT2D eigenvalue weighted by Crippen LogP contribution is -2.10. The highest BCUT2D eigenvalue weighted by atomic mass is 16.5.